The molecule has 8 heteroatoms. The maximum Gasteiger partial charge on any atom is 0.365 e. The summed E-state index contributed by atoms with van der Waals surface area (Å²) in [6.07, 6.45) is -9.53. The van der Waals surface area contributed by atoms with Gasteiger partial charge in [0.15, 0.2) is 0 Å². The quantitative estimate of drug-likeness (QED) is 0.374. The van der Waals surface area contributed by atoms with E-state index in [0.717, 1.165) is 0 Å². The van der Waals surface area contributed by atoms with E-state index in [4.69, 9.17) is 0 Å². The second-order valence-electron chi connectivity index (χ2n) is 4.00. The molecule has 0 aliphatic carbocycles. The molecule has 0 radical (unpaired) electrons. The molecule has 0 amide bonds. The molecule has 0 aromatic heterocycles. The molecular formula is C10H15F4O3P. The molecule has 0 heterocycles. The van der Waals surface area contributed by atoms with Gasteiger partial charge in [-0.2, -0.15) is 17.6 Å². The fourth-order valence-corrected chi connectivity index (χ4v) is 1.71. The summed E-state index contributed by atoms with van der Waals surface area (Å²) in [7, 11) is -4.03. The smallest absolute Gasteiger partial charge is 0.263 e. The number of alkyl halides is 4. The molecule has 0 aromatic carbocycles. The van der Waals surface area contributed by atoms with Gasteiger partial charge in [-0.15, -0.1) is 0 Å². The van der Waals surface area contributed by atoms with Gasteiger partial charge in [0.2, 0.25) is 0 Å². The zero-order chi connectivity index (χ0) is 14.6. The van der Waals surface area contributed by atoms with E-state index >= 15 is 0 Å². The van der Waals surface area contributed by atoms with Gasteiger partial charge in [-0.05, 0) is 13.8 Å². The molecule has 0 fully saturated rings. The van der Waals surface area contributed by atoms with Crippen molar-refractivity contribution in [2.45, 2.75) is 38.9 Å². The lowest BCUT2D eigenvalue weighted by Gasteiger charge is -2.20. The van der Waals surface area contributed by atoms with Crippen LogP contribution in [0.2, 0.25) is 0 Å². The molecule has 0 aliphatic rings. The molecule has 0 saturated heterocycles. The first kappa shape index (κ1) is 17.4. The lowest BCUT2D eigenvalue weighted by atomic mass is 10.2. The topological polar surface area (TPSA) is 35.5 Å². The summed E-state index contributed by atoms with van der Waals surface area (Å²) in [5, 5.41) is 0. The van der Waals surface area contributed by atoms with E-state index < -0.39 is 33.3 Å². The highest BCUT2D eigenvalue weighted by atomic mass is 31.1. The first-order valence-corrected chi connectivity index (χ1v) is 6.12. The van der Waals surface area contributed by atoms with Crippen molar-refractivity contribution in [3.05, 3.63) is 24.3 Å². The van der Waals surface area contributed by atoms with Crippen molar-refractivity contribution in [3.8, 4) is 0 Å². The minimum absolute atomic E-state index is 0.0588. The number of rotatable bonds is 8. The Bertz CT molecular complexity index is 323. The third-order valence-corrected chi connectivity index (χ3v) is 2.41. The van der Waals surface area contributed by atoms with Gasteiger partial charge in [-0.1, -0.05) is 24.3 Å². The van der Waals surface area contributed by atoms with Crippen LogP contribution < -0.4 is 0 Å². The lowest BCUT2D eigenvalue weighted by molar-refractivity contribution is -0.208. The van der Waals surface area contributed by atoms with Crippen LogP contribution in [0, 0.1) is 0 Å². The molecule has 0 saturated carbocycles. The summed E-state index contributed by atoms with van der Waals surface area (Å²) >= 11 is 0. The van der Waals surface area contributed by atoms with Gasteiger partial charge in [0.25, 0.3) is 0 Å². The van der Waals surface area contributed by atoms with Crippen molar-refractivity contribution in [1.29, 1.82) is 0 Å². The molecular weight excluding hydrogens is 275 g/mol. The Morgan fingerprint density at radius 3 is 1.50 bits per heavy atom. The molecule has 0 unspecified atom stereocenters. The highest BCUT2D eigenvalue weighted by molar-refractivity contribution is 7.33. The average Bonchev–Trinajstić information content (AvgIpc) is 1.92. The van der Waals surface area contributed by atoms with Crippen molar-refractivity contribution in [2.24, 2.45) is 0 Å². The van der Waals surface area contributed by atoms with E-state index in [1.54, 1.807) is 0 Å². The summed E-state index contributed by atoms with van der Waals surface area (Å²) < 4.78 is 70.2. The van der Waals surface area contributed by atoms with Crippen LogP contribution in [0.1, 0.15) is 26.7 Å². The van der Waals surface area contributed by atoms with Gasteiger partial charge >= 0.3 is 20.5 Å². The summed E-state index contributed by atoms with van der Waals surface area (Å²) in [4.78, 5) is 0. The van der Waals surface area contributed by atoms with Crippen LogP contribution in [0.3, 0.4) is 0 Å². The van der Waals surface area contributed by atoms with E-state index in [1.165, 1.54) is 13.8 Å². The molecule has 0 bridgehead atoms. The van der Waals surface area contributed by atoms with E-state index in [1.807, 2.05) is 0 Å². The van der Waals surface area contributed by atoms with Gasteiger partial charge in [-0.3, -0.25) is 4.57 Å². The van der Waals surface area contributed by atoms with Crippen LogP contribution in [-0.4, -0.2) is 12.2 Å². The number of halogens is 4. The van der Waals surface area contributed by atoms with Crippen molar-refractivity contribution < 1.29 is 31.2 Å². The highest BCUT2D eigenvalue weighted by Crippen LogP contribution is 2.42. The van der Waals surface area contributed by atoms with E-state index in [-0.39, 0.29) is 11.1 Å². The normalized spacial score (nSPS) is 12.8. The van der Waals surface area contributed by atoms with E-state index in [9.17, 15) is 22.1 Å². The SMILES string of the molecule is C=C(C)CC(F)(F)O[PH](=O)OC(F)(F)CC(=C)C. The average molecular weight is 290 g/mol. The lowest BCUT2D eigenvalue weighted by Crippen LogP contribution is -2.21. The predicted molar refractivity (Wildman–Crippen MR) is 59.9 cm³/mol. The maximum atomic E-state index is 13.0. The van der Waals surface area contributed by atoms with Crippen LogP contribution in [0.15, 0.2) is 24.3 Å². The fourth-order valence-electron chi connectivity index (χ4n) is 1.04. The Kier molecular flexibility index (Phi) is 6.26. The summed E-state index contributed by atoms with van der Waals surface area (Å²) in [6.45, 7) is 9.01. The molecule has 3 nitrogen and oxygen atoms in total. The third-order valence-electron chi connectivity index (χ3n) is 1.48. The van der Waals surface area contributed by atoms with E-state index in [2.05, 4.69) is 22.2 Å². The van der Waals surface area contributed by atoms with Crippen LogP contribution >= 0.6 is 8.25 Å². The van der Waals surface area contributed by atoms with Gasteiger partial charge in [0, 0.05) is 0 Å². The van der Waals surface area contributed by atoms with Crippen LogP contribution in [0.5, 0.6) is 0 Å². The number of hydrogen-bond acceptors (Lipinski definition) is 3. The van der Waals surface area contributed by atoms with E-state index in [0.29, 0.717) is 0 Å². The minimum Gasteiger partial charge on any atom is -0.263 e. The first-order valence-electron chi connectivity index (χ1n) is 4.90. The molecule has 0 rings (SSSR count). The number of hydrogen-bond donors (Lipinski definition) is 0. The Hall–Kier alpha value is -0.650. The first-order chi connectivity index (χ1) is 7.93. The molecule has 106 valence electrons. The zero-order valence-electron chi connectivity index (χ0n) is 10.1. The summed E-state index contributed by atoms with van der Waals surface area (Å²) in [6, 6.07) is 0. The summed E-state index contributed by atoms with van der Waals surface area (Å²) in [5.74, 6) is 0. The van der Waals surface area contributed by atoms with Crippen molar-refractivity contribution in [3.63, 3.8) is 0 Å². The molecule has 0 aromatic rings. The fraction of sp³-hybridized carbons (Fsp3) is 0.600. The summed E-state index contributed by atoms with van der Waals surface area (Å²) in [5.41, 5.74) is 0.118. The largest absolute Gasteiger partial charge is 0.365 e. The Balaban J connectivity index is 4.42. The Morgan fingerprint density at radius 1 is 1.00 bits per heavy atom. The van der Waals surface area contributed by atoms with Gasteiger partial charge in [0.05, 0.1) is 12.8 Å². The zero-order valence-corrected chi connectivity index (χ0v) is 11.1. The van der Waals surface area contributed by atoms with Crippen LogP contribution in [-0.2, 0) is 13.6 Å². The van der Waals surface area contributed by atoms with Crippen molar-refractivity contribution in [2.75, 3.05) is 0 Å². The van der Waals surface area contributed by atoms with Gasteiger partial charge in [-0.25, -0.2) is 9.05 Å². The van der Waals surface area contributed by atoms with Crippen LogP contribution in [0.4, 0.5) is 17.6 Å². The molecule has 0 aliphatic heterocycles. The van der Waals surface area contributed by atoms with Gasteiger partial charge in [0.1, 0.15) is 0 Å². The third kappa shape index (κ3) is 8.44. The van der Waals surface area contributed by atoms with Crippen LogP contribution in [0.25, 0.3) is 0 Å². The van der Waals surface area contributed by atoms with Crippen molar-refractivity contribution in [1.82, 2.24) is 0 Å². The Morgan fingerprint density at radius 2 is 1.28 bits per heavy atom. The molecule has 0 spiro atoms. The van der Waals surface area contributed by atoms with Crippen molar-refractivity contribution >= 4 is 8.25 Å². The molecule has 18 heavy (non-hydrogen) atoms. The molecule has 0 atom stereocenters. The molecule has 0 N–H and O–H groups in total. The predicted octanol–water partition coefficient (Wildman–Crippen LogP) is 4.53. The second-order valence-corrected chi connectivity index (χ2v) is 4.90. The highest BCUT2D eigenvalue weighted by Gasteiger charge is 2.38. The second kappa shape index (κ2) is 6.50. The van der Waals surface area contributed by atoms with Gasteiger partial charge < -0.3 is 0 Å². The monoisotopic (exact) mass is 290 g/mol. The standard InChI is InChI=1S/C10H15F4O3P/c1-7(2)5-9(11,12)16-18(15)17-10(13,14)6-8(3)4/h18H,1,3,5-6H2,2,4H3. The Labute approximate surface area is 103 Å². The maximum absolute atomic E-state index is 13.0. The minimum atomic E-state index is -4.03.